The molecule has 120 valence electrons. The smallest absolute Gasteiger partial charge is 0.406 e. The average Bonchev–Trinajstić information content (AvgIpc) is 2.90. The maximum absolute atomic E-state index is 12.2. The standard InChI is InChI=1S/C15H12F3N3O2/c1-14(6-4-11(5-7-14)23-15(16,17)18)10-2-3-12-19-20-13(9-22)21(12)8-10/h2-6,8-9H,7H2,1H3. The van der Waals surface area contributed by atoms with Gasteiger partial charge in [0.15, 0.2) is 11.9 Å². The molecule has 0 saturated carbocycles. The molecule has 0 spiro atoms. The van der Waals surface area contributed by atoms with E-state index in [-0.39, 0.29) is 11.6 Å². The predicted molar refractivity (Wildman–Crippen MR) is 74.7 cm³/mol. The van der Waals surface area contributed by atoms with Gasteiger partial charge in [-0.05, 0) is 30.2 Å². The fourth-order valence-corrected chi connectivity index (χ4v) is 2.46. The highest BCUT2D eigenvalue weighted by Crippen LogP contribution is 2.35. The Balaban J connectivity index is 1.90. The quantitative estimate of drug-likeness (QED) is 0.814. The van der Waals surface area contributed by atoms with Crippen LogP contribution in [-0.2, 0) is 10.2 Å². The van der Waals surface area contributed by atoms with Crippen molar-refractivity contribution in [2.75, 3.05) is 0 Å². The summed E-state index contributed by atoms with van der Waals surface area (Å²) in [6.45, 7) is 1.89. The number of aromatic nitrogens is 3. The van der Waals surface area contributed by atoms with Crippen molar-refractivity contribution in [3.05, 3.63) is 53.7 Å². The summed E-state index contributed by atoms with van der Waals surface area (Å²) in [6, 6.07) is 3.52. The van der Waals surface area contributed by atoms with Crippen LogP contribution in [0.25, 0.3) is 5.65 Å². The molecule has 2 aromatic rings. The van der Waals surface area contributed by atoms with Crippen molar-refractivity contribution in [1.29, 1.82) is 0 Å². The largest absolute Gasteiger partial charge is 0.573 e. The maximum atomic E-state index is 12.2. The Hall–Kier alpha value is -2.64. The van der Waals surface area contributed by atoms with E-state index in [0.29, 0.717) is 18.4 Å². The Bertz CT molecular complexity index is 823. The number of ether oxygens (including phenoxy) is 1. The minimum Gasteiger partial charge on any atom is -0.406 e. The summed E-state index contributed by atoms with van der Waals surface area (Å²) in [5, 5.41) is 7.60. The van der Waals surface area contributed by atoms with Gasteiger partial charge in [-0.15, -0.1) is 23.4 Å². The number of fused-ring (bicyclic) bond motifs is 1. The minimum absolute atomic E-state index is 0.168. The SMILES string of the molecule is CC1(c2ccc3nnc(C=O)n3c2)C=CC(OC(F)(F)F)=CC1. The van der Waals surface area contributed by atoms with E-state index in [2.05, 4.69) is 14.9 Å². The van der Waals surface area contributed by atoms with Crippen molar-refractivity contribution >= 4 is 11.9 Å². The van der Waals surface area contributed by atoms with Gasteiger partial charge in [0.25, 0.3) is 0 Å². The minimum atomic E-state index is -4.70. The molecule has 0 fully saturated rings. The highest BCUT2D eigenvalue weighted by Gasteiger charge is 2.33. The zero-order valence-electron chi connectivity index (χ0n) is 12.0. The fraction of sp³-hybridized carbons (Fsp3) is 0.267. The van der Waals surface area contributed by atoms with Crippen LogP contribution >= 0.6 is 0 Å². The van der Waals surface area contributed by atoms with Gasteiger partial charge in [-0.3, -0.25) is 9.20 Å². The Morgan fingerprint density at radius 1 is 1.35 bits per heavy atom. The summed E-state index contributed by atoms with van der Waals surface area (Å²) < 4.78 is 42.1. The van der Waals surface area contributed by atoms with Crippen LogP contribution in [0.4, 0.5) is 13.2 Å². The van der Waals surface area contributed by atoms with Crippen LogP contribution in [0.2, 0.25) is 0 Å². The lowest BCUT2D eigenvalue weighted by molar-refractivity contribution is -0.303. The number of hydrogen-bond donors (Lipinski definition) is 0. The summed E-state index contributed by atoms with van der Waals surface area (Å²) in [5.74, 6) is -0.0594. The average molecular weight is 323 g/mol. The second kappa shape index (κ2) is 5.22. The van der Waals surface area contributed by atoms with Crippen molar-refractivity contribution in [3.63, 3.8) is 0 Å². The number of pyridine rings is 1. The maximum Gasteiger partial charge on any atom is 0.573 e. The Labute approximate surface area is 129 Å². The second-order valence-corrected chi connectivity index (χ2v) is 5.43. The lowest BCUT2D eigenvalue weighted by atomic mass is 9.78. The molecule has 3 rings (SSSR count). The van der Waals surface area contributed by atoms with Gasteiger partial charge in [-0.1, -0.05) is 19.1 Å². The van der Waals surface area contributed by atoms with E-state index in [0.717, 1.165) is 5.56 Å². The molecular weight excluding hydrogens is 311 g/mol. The first-order valence-electron chi connectivity index (χ1n) is 6.76. The van der Waals surface area contributed by atoms with Crippen LogP contribution in [0.3, 0.4) is 0 Å². The van der Waals surface area contributed by atoms with Gasteiger partial charge in [0.2, 0.25) is 5.82 Å². The number of hydrogen-bond acceptors (Lipinski definition) is 4. The van der Waals surface area contributed by atoms with Crippen LogP contribution in [0, 0.1) is 0 Å². The third-order valence-electron chi connectivity index (χ3n) is 3.77. The van der Waals surface area contributed by atoms with Gasteiger partial charge < -0.3 is 4.74 Å². The summed E-state index contributed by atoms with van der Waals surface area (Å²) in [4.78, 5) is 11.0. The van der Waals surface area contributed by atoms with Crippen molar-refractivity contribution < 1.29 is 22.7 Å². The Morgan fingerprint density at radius 2 is 2.13 bits per heavy atom. The molecule has 1 unspecified atom stereocenters. The van der Waals surface area contributed by atoms with E-state index in [4.69, 9.17) is 0 Å². The summed E-state index contributed by atoms with van der Waals surface area (Å²) in [6.07, 6.45) is 2.28. The number of carbonyl (C=O) groups is 1. The summed E-state index contributed by atoms with van der Waals surface area (Å²) >= 11 is 0. The Kier molecular flexibility index (Phi) is 3.46. The van der Waals surface area contributed by atoms with Gasteiger partial charge in [0.1, 0.15) is 5.76 Å². The van der Waals surface area contributed by atoms with Gasteiger partial charge in [0.05, 0.1) is 0 Å². The zero-order valence-corrected chi connectivity index (χ0v) is 12.0. The fourth-order valence-electron chi connectivity index (χ4n) is 2.46. The number of aldehydes is 1. The molecule has 0 aromatic carbocycles. The molecule has 0 aliphatic heterocycles. The number of rotatable bonds is 3. The highest BCUT2D eigenvalue weighted by atomic mass is 19.4. The summed E-state index contributed by atoms with van der Waals surface area (Å²) in [7, 11) is 0. The zero-order chi connectivity index (χ0) is 16.7. The molecule has 8 heteroatoms. The molecule has 0 bridgehead atoms. The van der Waals surface area contributed by atoms with E-state index in [1.807, 2.05) is 13.0 Å². The van der Waals surface area contributed by atoms with Gasteiger partial charge in [-0.2, -0.15) is 0 Å². The number of alkyl halides is 3. The number of nitrogens with zero attached hydrogens (tertiary/aromatic N) is 3. The van der Waals surface area contributed by atoms with E-state index >= 15 is 0 Å². The monoisotopic (exact) mass is 323 g/mol. The van der Waals surface area contributed by atoms with E-state index in [1.165, 1.54) is 12.2 Å². The van der Waals surface area contributed by atoms with Crippen molar-refractivity contribution in [2.24, 2.45) is 0 Å². The van der Waals surface area contributed by atoms with Crippen LogP contribution in [0.1, 0.15) is 29.5 Å². The first kappa shape index (κ1) is 15.3. The van der Waals surface area contributed by atoms with Crippen molar-refractivity contribution in [1.82, 2.24) is 14.6 Å². The van der Waals surface area contributed by atoms with E-state index < -0.39 is 11.8 Å². The third kappa shape index (κ3) is 2.96. The van der Waals surface area contributed by atoms with Gasteiger partial charge in [0, 0.05) is 11.6 Å². The number of halogens is 3. The molecule has 5 nitrogen and oxygen atoms in total. The molecular formula is C15H12F3N3O2. The first-order valence-corrected chi connectivity index (χ1v) is 6.76. The highest BCUT2D eigenvalue weighted by molar-refractivity contribution is 5.71. The first-order chi connectivity index (χ1) is 10.8. The number of allylic oxidation sites excluding steroid dienone is 3. The van der Waals surface area contributed by atoms with E-state index in [1.54, 1.807) is 22.7 Å². The lowest BCUT2D eigenvalue weighted by Gasteiger charge is -2.28. The molecule has 0 radical (unpaired) electrons. The van der Waals surface area contributed by atoms with Crippen molar-refractivity contribution in [2.45, 2.75) is 25.1 Å². The molecule has 0 saturated heterocycles. The molecule has 23 heavy (non-hydrogen) atoms. The van der Waals surface area contributed by atoms with Crippen LogP contribution < -0.4 is 0 Å². The van der Waals surface area contributed by atoms with E-state index in [9.17, 15) is 18.0 Å². The molecule has 0 amide bonds. The molecule has 2 heterocycles. The molecule has 2 aromatic heterocycles. The molecule has 1 aliphatic rings. The van der Waals surface area contributed by atoms with Crippen LogP contribution in [-0.4, -0.2) is 27.2 Å². The lowest BCUT2D eigenvalue weighted by Crippen LogP contribution is -2.22. The van der Waals surface area contributed by atoms with Crippen LogP contribution in [0.5, 0.6) is 0 Å². The normalized spacial score (nSPS) is 21.3. The molecule has 0 N–H and O–H groups in total. The Morgan fingerprint density at radius 3 is 2.74 bits per heavy atom. The number of carbonyl (C=O) groups excluding carboxylic acids is 1. The molecule has 1 atom stereocenters. The summed E-state index contributed by atoms with van der Waals surface area (Å²) in [5.41, 5.74) is 0.833. The second-order valence-electron chi connectivity index (χ2n) is 5.43. The molecule has 1 aliphatic carbocycles. The van der Waals surface area contributed by atoms with Gasteiger partial charge >= 0.3 is 6.36 Å². The third-order valence-corrected chi connectivity index (χ3v) is 3.77. The topological polar surface area (TPSA) is 56.5 Å². The predicted octanol–water partition coefficient (Wildman–Crippen LogP) is 3.18. The van der Waals surface area contributed by atoms with Crippen LogP contribution in [0.15, 0.2) is 42.3 Å². The van der Waals surface area contributed by atoms with Crippen molar-refractivity contribution in [3.8, 4) is 0 Å². The van der Waals surface area contributed by atoms with Gasteiger partial charge in [-0.25, -0.2) is 0 Å².